The zero-order chi connectivity index (χ0) is 15.2. The molecule has 0 radical (unpaired) electrons. The first-order valence-corrected chi connectivity index (χ1v) is 7.55. The first-order valence-electron chi connectivity index (χ1n) is 5.94. The number of carbonyl (C=O) groups is 2. The second-order valence-electron chi connectivity index (χ2n) is 4.00. The minimum atomic E-state index is -1.10. The maximum absolute atomic E-state index is 11.9. The average molecular weight is 407 g/mol. The van der Waals surface area contributed by atoms with Crippen LogP contribution in [0.3, 0.4) is 0 Å². The first-order chi connectivity index (χ1) is 10.1. The van der Waals surface area contributed by atoms with Crippen molar-refractivity contribution in [3.05, 3.63) is 52.6 Å². The van der Waals surface area contributed by atoms with Crippen molar-refractivity contribution in [2.45, 2.75) is 5.03 Å². The molecule has 2 rings (SSSR count). The Balaban J connectivity index is 0.00000242. The van der Waals surface area contributed by atoms with Crippen LogP contribution in [0.1, 0.15) is 11.8 Å². The van der Waals surface area contributed by atoms with Crippen LogP contribution in [0.15, 0.2) is 52.1 Å². The molecule has 22 heavy (non-hydrogen) atoms. The number of hydrogen-bond donors (Lipinski definition) is 2. The summed E-state index contributed by atoms with van der Waals surface area (Å²) >= 11 is 4.15. The summed E-state index contributed by atoms with van der Waals surface area (Å²) < 4.78 is 0.952. The Morgan fingerprint density at radius 3 is 2.59 bits per heavy atom. The van der Waals surface area contributed by atoms with Gasteiger partial charge in [-0.05, 0) is 48.2 Å². The van der Waals surface area contributed by atoms with E-state index in [-0.39, 0.29) is 75.1 Å². The molecule has 110 valence electrons. The fourth-order valence-electron chi connectivity index (χ4n) is 1.52. The van der Waals surface area contributed by atoms with Gasteiger partial charge in [0.05, 0.1) is 12.1 Å². The number of pyridine rings is 1. The van der Waals surface area contributed by atoms with E-state index >= 15 is 0 Å². The standard InChI is InChI=1S/C14H11BrN2O3S.K.H/c15-9-3-5-10(6-4-9)17-8-12(18)21-13-11(14(19)20)2-1-7-16-13;;/h1-7,17H,8H2,(H,19,20);;/q;+1;-1. The summed E-state index contributed by atoms with van der Waals surface area (Å²) in [5.41, 5.74) is 0.839. The minimum Gasteiger partial charge on any atom is -1.00 e. The van der Waals surface area contributed by atoms with Crippen LogP contribution in [0.2, 0.25) is 0 Å². The van der Waals surface area contributed by atoms with Gasteiger partial charge in [-0.1, -0.05) is 15.9 Å². The second-order valence-corrected chi connectivity index (χ2v) is 5.96. The summed E-state index contributed by atoms with van der Waals surface area (Å²) in [5, 5.41) is 12.0. The molecule has 0 atom stereocenters. The van der Waals surface area contributed by atoms with Crippen LogP contribution >= 0.6 is 27.7 Å². The monoisotopic (exact) mass is 406 g/mol. The fourth-order valence-corrected chi connectivity index (χ4v) is 2.52. The number of benzene rings is 1. The third-order valence-electron chi connectivity index (χ3n) is 2.49. The van der Waals surface area contributed by atoms with Crippen LogP contribution in [-0.2, 0) is 4.79 Å². The molecule has 1 heterocycles. The van der Waals surface area contributed by atoms with Crippen LogP contribution in [0, 0.1) is 0 Å². The molecular weight excluding hydrogens is 395 g/mol. The Labute approximate surface area is 184 Å². The second kappa shape index (κ2) is 9.81. The van der Waals surface area contributed by atoms with E-state index in [1.807, 2.05) is 24.3 Å². The molecule has 8 heteroatoms. The largest absolute Gasteiger partial charge is 1.00 e. The predicted molar refractivity (Wildman–Crippen MR) is 85.8 cm³/mol. The smallest absolute Gasteiger partial charge is 1.00 e. The molecule has 0 saturated heterocycles. The number of carboxylic acid groups (broad SMARTS) is 1. The van der Waals surface area contributed by atoms with E-state index in [1.165, 1.54) is 18.3 Å². The van der Waals surface area contributed by atoms with E-state index < -0.39 is 5.97 Å². The van der Waals surface area contributed by atoms with E-state index in [4.69, 9.17) is 5.11 Å². The molecule has 0 saturated carbocycles. The van der Waals surface area contributed by atoms with Gasteiger partial charge in [0, 0.05) is 16.4 Å². The number of halogens is 1. The molecule has 5 nitrogen and oxygen atoms in total. The maximum atomic E-state index is 11.9. The quantitative estimate of drug-likeness (QED) is 0.552. The van der Waals surface area contributed by atoms with E-state index in [9.17, 15) is 9.59 Å². The summed E-state index contributed by atoms with van der Waals surface area (Å²) in [5.74, 6) is -1.10. The van der Waals surface area contributed by atoms with E-state index in [0.29, 0.717) is 0 Å². The Hall–Kier alpha value is -0.224. The van der Waals surface area contributed by atoms with Gasteiger partial charge in [-0.15, -0.1) is 0 Å². The Bertz CT molecular complexity index is 673. The Morgan fingerprint density at radius 1 is 1.27 bits per heavy atom. The van der Waals surface area contributed by atoms with Crippen molar-refractivity contribution in [2.75, 3.05) is 11.9 Å². The number of nitrogens with zero attached hydrogens (tertiary/aromatic N) is 1. The molecule has 1 aromatic carbocycles. The molecule has 0 fully saturated rings. The van der Waals surface area contributed by atoms with Crippen LogP contribution < -0.4 is 56.7 Å². The molecule has 0 aliphatic rings. The molecule has 0 aliphatic carbocycles. The third-order valence-corrected chi connectivity index (χ3v) is 3.91. The van der Waals surface area contributed by atoms with Gasteiger partial charge in [0.25, 0.3) is 0 Å². The van der Waals surface area contributed by atoms with Crippen molar-refractivity contribution in [3.8, 4) is 0 Å². The van der Waals surface area contributed by atoms with E-state index in [2.05, 4.69) is 26.2 Å². The number of carbonyl (C=O) groups excluding carboxylic acids is 1. The Morgan fingerprint density at radius 2 is 1.95 bits per heavy atom. The van der Waals surface area contributed by atoms with Gasteiger partial charge in [-0.3, -0.25) is 4.79 Å². The van der Waals surface area contributed by atoms with Crippen molar-refractivity contribution < 1.29 is 67.5 Å². The van der Waals surface area contributed by atoms with Gasteiger partial charge in [0.1, 0.15) is 5.03 Å². The SMILES string of the molecule is O=C(CNc1ccc(Br)cc1)Sc1ncccc1C(=O)O.[H-].[K+]. The van der Waals surface area contributed by atoms with Crippen LogP contribution in [0.25, 0.3) is 0 Å². The maximum Gasteiger partial charge on any atom is 1.00 e. The van der Waals surface area contributed by atoms with Crippen LogP contribution in [0.4, 0.5) is 5.69 Å². The number of rotatable bonds is 5. The normalized spacial score (nSPS) is 9.68. The van der Waals surface area contributed by atoms with Crippen molar-refractivity contribution in [1.29, 1.82) is 0 Å². The molecule has 1 aromatic heterocycles. The summed E-state index contributed by atoms with van der Waals surface area (Å²) in [6, 6.07) is 10.4. The van der Waals surface area contributed by atoms with Gasteiger partial charge in [0.2, 0.25) is 5.12 Å². The molecule has 2 N–H and O–H groups in total. The summed E-state index contributed by atoms with van der Waals surface area (Å²) in [6.45, 7) is 0.0853. The van der Waals surface area contributed by atoms with E-state index in [1.54, 1.807) is 0 Å². The van der Waals surface area contributed by atoms with Gasteiger partial charge < -0.3 is 11.8 Å². The summed E-state index contributed by atoms with van der Waals surface area (Å²) in [7, 11) is 0. The number of nitrogens with one attached hydrogen (secondary N) is 1. The number of aromatic nitrogens is 1. The molecule has 0 unspecified atom stereocenters. The topological polar surface area (TPSA) is 79.3 Å². The molecule has 0 aliphatic heterocycles. The molecule has 0 bridgehead atoms. The van der Waals surface area contributed by atoms with Crippen LogP contribution in [-0.4, -0.2) is 27.7 Å². The molecular formula is C14H12BrKN2O3S. The number of aromatic carboxylic acids is 1. The minimum absolute atomic E-state index is 0. The van der Waals surface area contributed by atoms with Gasteiger partial charge in [0.15, 0.2) is 0 Å². The molecule has 0 spiro atoms. The van der Waals surface area contributed by atoms with Crippen molar-refractivity contribution in [2.24, 2.45) is 0 Å². The van der Waals surface area contributed by atoms with Crippen molar-refractivity contribution >= 4 is 44.5 Å². The molecule has 2 aromatic rings. The third kappa shape index (κ3) is 6.11. The van der Waals surface area contributed by atoms with Crippen molar-refractivity contribution in [1.82, 2.24) is 4.98 Å². The molecule has 0 amide bonds. The Kier molecular flexibility index (Phi) is 8.84. The van der Waals surface area contributed by atoms with Gasteiger partial charge in [-0.2, -0.15) is 0 Å². The average Bonchev–Trinajstić information content (AvgIpc) is 2.47. The van der Waals surface area contributed by atoms with Gasteiger partial charge >= 0.3 is 57.4 Å². The zero-order valence-electron chi connectivity index (χ0n) is 12.7. The zero-order valence-corrected chi connectivity index (χ0v) is 17.3. The summed E-state index contributed by atoms with van der Waals surface area (Å²) in [4.78, 5) is 26.8. The number of thioether (sulfide) groups is 1. The number of carboxylic acids is 1. The van der Waals surface area contributed by atoms with Crippen LogP contribution in [0.5, 0.6) is 0 Å². The van der Waals surface area contributed by atoms with E-state index in [0.717, 1.165) is 21.9 Å². The summed E-state index contributed by atoms with van der Waals surface area (Å²) in [6.07, 6.45) is 1.46. The predicted octanol–water partition coefficient (Wildman–Crippen LogP) is 0.390. The van der Waals surface area contributed by atoms with Crippen molar-refractivity contribution in [3.63, 3.8) is 0 Å². The number of hydrogen-bond acceptors (Lipinski definition) is 5. The number of anilines is 1. The first kappa shape index (κ1) is 19.8. The van der Waals surface area contributed by atoms with Gasteiger partial charge in [-0.25, -0.2) is 9.78 Å². The fraction of sp³-hybridized carbons (Fsp3) is 0.0714.